The van der Waals surface area contributed by atoms with Crippen LogP contribution in [0.15, 0.2) is 20.1 Å². The Morgan fingerprint density at radius 2 is 1.90 bits per heavy atom. The second kappa shape index (κ2) is 5.94. The zero-order valence-electron chi connectivity index (χ0n) is 10.3. The van der Waals surface area contributed by atoms with Crippen LogP contribution in [0.4, 0.5) is 13.2 Å². The third kappa shape index (κ3) is 3.75. The van der Waals surface area contributed by atoms with Gasteiger partial charge in [-0.15, -0.1) is 11.3 Å². The Hall–Kier alpha value is -0.120. The average Bonchev–Trinajstić information content (AvgIpc) is 2.75. The van der Waals surface area contributed by atoms with Crippen molar-refractivity contribution in [2.24, 2.45) is 5.92 Å². The van der Waals surface area contributed by atoms with Crippen molar-refractivity contribution in [3.05, 3.63) is 15.9 Å². The minimum absolute atomic E-state index is 0.0230. The van der Waals surface area contributed by atoms with Gasteiger partial charge in [-0.1, -0.05) is 12.8 Å². The lowest BCUT2D eigenvalue weighted by Crippen LogP contribution is -2.47. The SMILES string of the molecule is O=S(=O)(NC1CCCCC1C(F)(F)F)c1ccc(Br)s1. The Kier molecular flexibility index (Phi) is 4.83. The molecule has 0 saturated heterocycles. The van der Waals surface area contributed by atoms with E-state index in [0.29, 0.717) is 16.6 Å². The van der Waals surface area contributed by atoms with Gasteiger partial charge in [0.25, 0.3) is 0 Å². The lowest BCUT2D eigenvalue weighted by molar-refractivity contribution is -0.187. The topological polar surface area (TPSA) is 46.2 Å². The van der Waals surface area contributed by atoms with Crippen molar-refractivity contribution in [3.8, 4) is 0 Å². The molecule has 20 heavy (non-hydrogen) atoms. The van der Waals surface area contributed by atoms with E-state index in [0.717, 1.165) is 11.3 Å². The summed E-state index contributed by atoms with van der Waals surface area (Å²) in [5, 5.41) is 0. The van der Waals surface area contributed by atoms with Crippen molar-refractivity contribution in [2.45, 2.75) is 42.1 Å². The molecule has 1 aliphatic rings. The van der Waals surface area contributed by atoms with E-state index in [1.54, 1.807) is 6.07 Å². The van der Waals surface area contributed by atoms with Crippen LogP contribution in [-0.2, 0) is 10.0 Å². The van der Waals surface area contributed by atoms with E-state index in [9.17, 15) is 21.6 Å². The summed E-state index contributed by atoms with van der Waals surface area (Å²) < 4.78 is 65.9. The van der Waals surface area contributed by atoms with Crippen molar-refractivity contribution in [1.29, 1.82) is 0 Å². The van der Waals surface area contributed by atoms with E-state index in [1.807, 2.05) is 0 Å². The van der Waals surface area contributed by atoms with Crippen molar-refractivity contribution >= 4 is 37.3 Å². The number of sulfonamides is 1. The molecule has 1 fully saturated rings. The summed E-state index contributed by atoms with van der Waals surface area (Å²) in [4.78, 5) is 0. The van der Waals surface area contributed by atoms with Crippen molar-refractivity contribution in [3.63, 3.8) is 0 Å². The monoisotopic (exact) mass is 391 g/mol. The maximum absolute atomic E-state index is 12.9. The van der Waals surface area contributed by atoms with Crippen LogP contribution in [-0.4, -0.2) is 20.6 Å². The molecule has 0 bridgehead atoms. The Labute approximate surface area is 127 Å². The van der Waals surface area contributed by atoms with Crippen molar-refractivity contribution in [1.82, 2.24) is 4.72 Å². The summed E-state index contributed by atoms with van der Waals surface area (Å²) in [6.45, 7) is 0. The molecule has 3 nitrogen and oxygen atoms in total. The molecule has 0 amide bonds. The van der Waals surface area contributed by atoms with Gasteiger partial charge >= 0.3 is 6.18 Å². The van der Waals surface area contributed by atoms with Gasteiger partial charge in [0, 0.05) is 6.04 Å². The van der Waals surface area contributed by atoms with Crippen molar-refractivity contribution in [2.75, 3.05) is 0 Å². The largest absolute Gasteiger partial charge is 0.393 e. The third-order valence-corrected chi connectivity index (χ3v) is 6.91. The summed E-state index contributed by atoms with van der Waals surface area (Å²) in [6, 6.07) is 1.86. The molecule has 1 saturated carbocycles. The molecule has 1 heterocycles. The molecule has 0 radical (unpaired) electrons. The Bertz CT molecular complexity index is 570. The lowest BCUT2D eigenvalue weighted by atomic mass is 9.85. The van der Waals surface area contributed by atoms with E-state index in [1.165, 1.54) is 6.07 Å². The van der Waals surface area contributed by atoms with Crippen LogP contribution >= 0.6 is 27.3 Å². The van der Waals surface area contributed by atoms with E-state index in [4.69, 9.17) is 0 Å². The standard InChI is InChI=1S/C11H13BrF3NO2S2/c12-9-5-6-10(19-9)20(17,18)16-8-4-2-1-3-7(8)11(13,14)15/h5-8,16H,1-4H2. The summed E-state index contributed by atoms with van der Waals surface area (Å²) in [6.07, 6.45) is -3.09. The van der Waals surface area contributed by atoms with Crippen LogP contribution in [0.25, 0.3) is 0 Å². The van der Waals surface area contributed by atoms with Gasteiger partial charge in [0.1, 0.15) is 4.21 Å². The zero-order chi connectivity index (χ0) is 15.0. The lowest BCUT2D eigenvalue weighted by Gasteiger charge is -2.33. The first-order valence-electron chi connectivity index (χ1n) is 6.04. The number of halogens is 4. The summed E-state index contributed by atoms with van der Waals surface area (Å²) in [7, 11) is -3.89. The van der Waals surface area contributed by atoms with Gasteiger partial charge in [0.05, 0.1) is 9.70 Å². The normalized spacial score (nSPS) is 24.8. The van der Waals surface area contributed by atoms with Crippen LogP contribution in [0.2, 0.25) is 0 Å². The van der Waals surface area contributed by atoms with E-state index in [2.05, 4.69) is 20.7 Å². The Balaban J connectivity index is 2.18. The van der Waals surface area contributed by atoms with Gasteiger partial charge in [-0.25, -0.2) is 13.1 Å². The van der Waals surface area contributed by atoms with E-state index >= 15 is 0 Å². The summed E-state index contributed by atoms with van der Waals surface area (Å²) >= 11 is 4.12. The highest BCUT2D eigenvalue weighted by atomic mass is 79.9. The van der Waals surface area contributed by atoms with Crippen LogP contribution in [0.1, 0.15) is 25.7 Å². The molecular weight excluding hydrogens is 379 g/mol. The quantitative estimate of drug-likeness (QED) is 0.848. The van der Waals surface area contributed by atoms with Gasteiger partial charge in [-0.05, 0) is 40.9 Å². The van der Waals surface area contributed by atoms with E-state index in [-0.39, 0.29) is 17.1 Å². The maximum Gasteiger partial charge on any atom is 0.393 e. The Morgan fingerprint density at radius 3 is 2.45 bits per heavy atom. The predicted molar refractivity (Wildman–Crippen MR) is 74.1 cm³/mol. The molecule has 2 atom stereocenters. The average molecular weight is 392 g/mol. The fourth-order valence-corrected chi connectivity index (χ4v) is 5.70. The van der Waals surface area contributed by atoms with Crippen LogP contribution in [0, 0.1) is 5.92 Å². The first-order valence-corrected chi connectivity index (χ1v) is 9.14. The number of nitrogens with one attached hydrogen (secondary N) is 1. The van der Waals surface area contributed by atoms with Crippen LogP contribution in [0.5, 0.6) is 0 Å². The maximum atomic E-state index is 12.9. The minimum atomic E-state index is -4.37. The molecule has 0 aromatic carbocycles. The molecule has 2 rings (SSSR count). The number of thiophene rings is 1. The molecule has 1 aliphatic carbocycles. The smallest absolute Gasteiger partial charge is 0.207 e. The molecule has 1 aromatic heterocycles. The fourth-order valence-electron chi connectivity index (χ4n) is 2.36. The van der Waals surface area contributed by atoms with Gasteiger partial charge in [-0.3, -0.25) is 0 Å². The zero-order valence-corrected chi connectivity index (χ0v) is 13.5. The highest BCUT2D eigenvalue weighted by molar-refractivity contribution is 9.11. The predicted octanol–water partition coefficient (Wildman–Crippen LogP) is 3.91. The molecule has 0 spiro atoms. The first kappa shape index (κ1) is 16.3. The minimum Gasteiger partial charge on any atom is -0.207 e. The first-order chi connectivity index (χ1) is 9.20. The molecule has 2 unspecified atom stereocenters. The summed E-state index contributed by atoms with van der Waals surface area (Å²) in [5.41, 5.74) is 0. The number of hydrogen-bond acceptors (Lipinski definition) is 3. The van der Waals surface area contributed by atoms with Gasteiger partial charge < -0.3 is 0 Å². The second-order valence-corrected chi connectivity index (χ2v) is 9.12. The molecular formula is C11H13BrF3NO2S2. The second-order valence-electron chi connectivity index (χ2n) is 4.72. The number of hydrogen-bond donors (Lipinski definition) is 1. The number of alkyl halides is 3. The van der Waals surface area contributed by atoms with Crippen molar-refractivity contribution < 1.29 is 21.6 Å². The molecule has 9 heteroatoms. The van der Waals surface area contributed by atoms with Crippen LogP contribution in [0.3, 0.4) is 0 Å². The van der Waals surface area contributed by atoms with Gasteiger partial charge in [0.2, 0.25) is 10.0 Å². The highest BCUT2D eigenvalue weighted by Gasteiger charge is 2.46. The summed E-state index contributed by atoms with van der Waals surface area (Å²) in [5.74, 6) is -1.60. The van der Waals surface area contributed by atoms with Crippen LogP contribution < -0.4 is 4.72 Å². The highest BCUT2D eigenvalue weighted by Crippen LogP contribution is 2.38. The Morgan fingerprint density at radius 1 is 1.25 bits per heavy atom. The number of rotatable bonds is 3. The molecule has 114 valence electrons. The van der Waals surface area contributed by atoms with Gasteiger partial charge in [-0.2, -0.15) is 13.2 Å². The third-order valence-electron chi connectivity index (χ3n) is 3.31. The van der Waals surface area contributed by atoms with Gasteiger partial charge in [0.15, 0.2) is 0 Å². The molecule has 1 N–H and O–H groups in total. The molecule has 0 aliphatic heterocycles. The molecule has 1 aromatic rings. The van der Waals surface area contributed by atoms with E-state index < -0.39 is 28.2 Å². The fraction of sp³-hybridized carbons (Fsp3) is 0.636.